The highest BCUT2D eigenvalue weighted by molar-refractivity contribution is 5.04. The quantitative estimate of drug-likeness (QED) is 0.844. The lowest BCUT2D eigenvalue weighted by molar-refractivity contribution is -0.148. The number of ether oxygens (including phenoxy) is 1. The molecule has 0 saturated heterocycles. The predicted molar refractivity (Wildman–Crippen MR) is 79.4 cm³/mol. The second-order valence-corrected chi connectivity index (χ2v) is 8.39. The molecule has 0 aliphatic heterocycles. The summed E-state index contributed by atoms with van der Waals surface area (Å²) >= 11 is 0. The van der Waals surface area contributed by atoms with Crippen LogP contribution in [0.15, 0.2) is 0 Å². The Kier molecular flexibility index (Phi) is 3.58. The van der Waals surface area contributed by atoms with Crippen LogP contribution in [-0.4, -0.2) is 23.9 Å². The fourth-order valence-corrected chi connectivity index (χ4v) is 6.22. The molecule has 0 heterocycles. The molecule has 0 spiro atoms. The number of aliphatic hydroxyl groups is 1. The highest BCUT2D eigenvalue weighted by Crippen LogP contribution is 2.61. The van der Waals surface area contributed by atoms with E-state index in [2.05, 4.69) is 0 Å². The second kappa shape index (κ2) is 5.28. The summed E-state index contributed by atoms with van der Waals surface area (Å²) in [5.74, 6) is 2.77. The zero-order valence-electron chi connectivity index (χ0n) is 12.7. The molecule has 0 aromatic carbocycles. The van der Waals surface area contributed by atoms with E-state index in [0.29, 0.717) is 12.7 Å². The van der Waals surface area contributed by atoms with E-state index in [1.807, 2.05) is 0 Å². The van der Waals surface area contributed by atoms with Gasteiger partial charge in [0, 0.05) is 0 Å². The summed E-state index contributed by atoms with van der Waals surface area (Å²) in [6, 6.07) is 0. The van der Waals surface area contributed by atoms with Gasteiger partial charge in [0.25, 0.3) is 0 Å². The molecule has 4 bridgehead atoms. The monoisotopic (exact) mass is 278 g/mol. The maximum absolute atomic E-state index is 10.8. The van der Waals surface area contributed by atoms with E-state index in [-0.39, 0.29) is 11.5 Å². The number of aliphatic hydroxyl groups excluding tert-OH is 1. The maximum atomic E-state index is 10.8. The molecular weight excluding hydrogens is 248 g/mol. The molecule has 5 saturated carbocycles. The maximum Gasteiger partial charge on any atom is 0.0830 e. The normalized spacial score (nSPS) is 45.8. The van der Waals surface area contributed by atoms with Crippen LogP contribution in [0.3, 0.4) is 0 Å². The first kappa shape index (κ1) is 13.6. The number of rotatable bonds is 4. The van der Waals surface area contributed by atoms with Gasteiger partial charge in [0.2, 0.25) is 0 Å². The highest BCUT2D eigenvalue weighted by Gasteiger charge is 2.54. The smallest absolute Gasteiger partial charge is 0.0830 e. The lowest BCUT2D eigenvalue weighted by Gasteiger charge is -2.58. The van der Waals surface area contributed by atoms with Crippen LogP contribution in [0.25, 0.3) is 0 Å². The van der Waals surface area contributed by atoms with Crippen molar-refractivity contribution in [3.8, 4) is 0 Å². The van der Waals surface area contributed by atoms with E-state index >= 15 is 0 Å². The Morgan fingerprint density at radius 1 is 0.900 bits per heavy atom. The minimum atomic E-state index is -0.196. The minimum absolute atomic E-state index is 0.196. The molecule has 0 amide bonds. The van der Waals surface area contributed by atoms with E-state index in [1.165, 1.54) is 70.6 Å². The van der Waals surface area contributed by atoms with Gasteiger partial charge in [0.1, 0.15) is 0 Å². The Bertz CT molecular complexity index is 310. The van der Waals surface area contributed by atoms with Crippen molar-refractivity contribution in [3.63, 3.8) is 0 Å². The zero-order valence-corrected chi connectivity index (χ0v) is 12.7. The molecule has 1 atom stereocenters. The summed E-state index contributed by atoms with van der Waals surface area (Å²) in [6.45, 7) is 0.608. The minimum Gasteiger partial charge on any atom is -0.390 e. The molecule has 5 fully saturated rings. The van der Waals surface area contributed by atoms with Gasteiger partial charge in [-0.2, -0.15) is 0 Å². The largest absolute Gasteiger partial charge is 0.390 e. The Balaban J connectivity index is 1.36. The van der Waals surface area contributed by atoms with Crippen LogP contribution in [0.2, 0.25) is 0 Å². The first-order chi connectivity index (χ1) is 9.73. The summed E-state index contributed by atoms with van der Waals surface area (Å²) in [6.07, 6.45) is 14.9. The van der Waals surface area contributed by atoms with Crippen molar-refractivity contribution >= 4 is 0 Å². The topological polar surface area (TPSA) is 29.5 Å². The van der Waals surface area contributed by atoms with Gasteiger partial charge in [-0.1, -0.05) is 19.3 Å². The Labute approximate surface area is 123 Å². The number of hydrogen-bond donors (Lipinski definition) is 1. The average Bonchev–Trinajstić information content (AvgIpc) is 2.44. The van der Waals surface area contributed by atoms with E-state index in [9.17, 15) is 5.11 Å². The summed E-state index contributed by atoms with van der Waals surface area (Å²) in [7, 11) is 0. The fraction of sp³-hybridized carbons (Fsp3) is 1.00. The van der Waals surface area contributed by atoms with Crippen LogP contribution in [0.5, 0.6) is 0 Å². The molecule has 0 aromatic heterocycles. The molecule has 5 aliphatic carbocycles. The van der Waals surface area contributed by atoms with Gasteiger partial charge in [-0.15, -0.1) is 0 Å². The standard InChI is InChI=1S/C18H30O2/c19-17(12-20-16-4-2-1-3-5-16)18-9-13-6-14(10-18)8-15(7-13)11-18/h13-17,19H,1-12H2. The van der Waals surface area contributed by atoms with E-state index in [4.69, 9.17) is 4.74 Å². The van der Waals surface area contributed by atoms with Crippen LogP contribution in [0, 0.1) is 23.2 Å². The second-order valence-electron chi connectivity index (χ2n) is 8.39. The van der Waals surface area contributed by atoms with Crippen molar-refractivity contribution < 1.29 is 9.84 Å². The van der Waals surface area contributed by atoms with Crippen molar-refractivity contribution in [1.29, 1.82) is 0 Å². The Morgan fingerprint density at radius 2 is 1.45 bits per heavy atom. The molecule has 0 aromatic rings. The van der Waals surface area contributed by atoms with Gasteiger partial charge >= 0.3 is 0 Å². The Hall–Kier alpha value is -0.0800. The molecule has 5 aliphatic rings. The molecule has 1 N–H and O–H groups in total. The summed E-state index contributed by atoms with van der Waals surface area (Å²) in [4.78, 5) is 0. The predicted octanol–water partition coefficient (Wildman–Crippen LogP) is 3.91. The molecule has 20 heavy (non-hydrogen) atoms. The molecule has 1 unspecified atom stereocenters. The van der Waals surface area contributed by atoms with Crippen LogP contribution >= 0.6 is 0 Å². The van der Waals surface area contributed by atoms with Gasteiger partial charge < -0.3 is 9.84 Å². The van der Waals surface area contributed by atoms with Gasteiger partial charge in [0.15, 0.2) is 0 Å². The number of hydrogen-bond acceptors (Lipinski definition) is 2. The lowest BCUT2D eigenvalue weighted by atomic mass is 9.48. The van der Waals surface area contributed by atoms with Crippen molar-refractivity contribution in [3.05, 3.63) is 0 Å². The van der Waals surface area contributed by atoms with E-state index in [0.717, 1.165) is 17.8 Å². The van der Waals surface area contributed by atoms with Crippen molar-refractivity contribution in [2.24, 2.45) is 23.2 Å². The lowest BCUT2D eigenvalue weighted by Crippen LogP contribution is -2.53. The fourth-order valence-electron chi connectivity index (χ4n) is 6.22. The molecule has 0 radical (unpaired) electrons. The van der Waals surface area contributed by atoms with E-state index < -0.39 is 0 Å². The first-order valence-electron chi connectivity index (χ1n) is 9.03. The van der Waals surface area contributed by atoms with Gasteiger partial charge in [-0.25, -0.2) is 0 Å². The van der Waals surface area contributed by atoms with Crippen LogP contribution < -0.4 is 0 Å². The summed E-state index contributed by atoms with van der Waals surface area (Å²) in [5, 5.41) is 10.8. The van der Waals surface area contributed by atoms with Crippen molar-refractivity contribution in [2.45, 2.75) is 82.8 Å². The van der Waals surface area contributed by atoms with Gasteiger partial charge in [-0.3, -0.25) is 0 Å². The Morgan fingerprint density at radius 3 is 2.00 bits per heavy atom. The molecule has 2 heteroatoms. The summed E-state index contributed by atoms with van der Waals surface area (Å²) in [5.41, 5.74) is 0.240. The summed E-state index contributed by atoms with van der Waals surface area (Å²) < 4.78 is 6.08. The molecular formula is C18H30O2. The third-order valence-electron chi connectivity index (χ3n) is 6.83. The third kappa shape index (κ3) is 2.43. The first-order valence-corrected chi connectivity index (χ1v) is 9.03. The average molecular weight is 278 g/mol. The van der Waals surface area contributed by atoms with Gasteiger partial charge in [0.05, 0.1) is 18.8 Å². The SMILES string of the molecule is OC(COC1CCCCC1)C12CC3CC(CC(C3)C1)C2. The van der Waals surface area contributed by atoms with Crippen LogP contribution in [-0.2, 0) is 4.74 Å². The van der Waals surface area contributed by atoms with Crippen molar-refractivity contribution in [2.75, 3.05) is 6.61 Å². The van der Waals surface area contributed by atoms with Crippen LogP contribution in [0.4, 0.5) is 0 Å². The van der Waals surface area contributed by atoms with E-state index in [1.54, 1.807) is 0 Å². The molecule has 5 rings (SSSR count). The third-order valence-corrected chi connectivity index (χ3v) is 6.83. The molecule has 2 nitrogen and oxygen atoms in total. The molecule has 114 valence electrons. The highest BCUT2D eigenvalue weighted by atomic mass is 16.5. The zero-order chi connectivity index (χ0) is 13.6. The van der Waals surface area contributed by atoms with Gasteiger partial charge in [-0.05, 0) is 74.5 Å². The van der Waals surface area contributed by atoms with Crippen molar-refractivity contribution in [1.82, 2.24) is 0 Å². The van der Waals surface area contributed by atoms with Crippen LogP contribution in [0.1, 0.15) is 70.6 Å².